The van der Waals surface area contributed by atoms with Crippen LogP contribution in [0.2, 0.25) is 0 Å². The molecule has 3 atom stereocenters. The summed E-state index contributed by atoms with van der Waals surface area (Å²) in [6.07, 6.45) is 2.22. The Morgan fingerprint density at radius 2 is 0.545 bits per heavy atom. The predicted octanol–water partition coefficient (Wildman–Crippen LogP) is 15.2. The van der Waals surface area contributed by atoms with Crippen LogP contribution >= 0.6 is 0 Å². The van der Waals surface area contributed by atoms with Crippen molar-refractivity contribution < 1.29 is 77.6 Å². The fraction of sp³-hybridized carbons (Fsp3) is 0.341. The Labute approximate surface area is 642 Å². The van der Waals surface area contributed by atoms with Gasteiger partial charge in [0.2, 0.25) is 0 Å². The second-order valence-electron chi connectivity index (χ2n) is 29.4. The van der Waals surface area contributed by atoms with Gasteiger partial charge in [-0.2, -0.15) is 0 Å². The number of ether oxygens (including phenoxy) is 6. The third-order valence-electron chi connectivity index (χ3n) is 22.1. The van der Waals surface area contributed by atoms with Gasteiger partial charge in [0.05, 0.1) is 19.3 Å². The Hall–Kier alpha value is -11.4. The molecule has 0 bridgehead atoms. The molecule has 6 heterocycles. The summed E-state index contributed by atoms with van der Waals surface area (Å²) in [6.45, 7) is 24.6. The summed E-state index contributed by atoms with van der Waals surface area (Å²) in [5, 5.41) is 36.2. The molecule has 0 saturated carbocycles. The maximum Gasteiger partial charge on any atom is 0.304 e. The van der Waals surface area contributed by atoms with Crippen LogP contribution in [0.15, 0.2) is 146 Å². The quantitative estimate of drug-likeness (QED) is 0.0745. The fourth-order valence-corrected chi connectivity index (χ4v) is 15.6. The van der Waals surface area contributed by atoms with E-state index in [4.69, 9.17) is 33.5 Å². The summed E-state index contributed by atoms with van der Waals surface area (Å²) >= 11 is 0. The number of carboxylic acid groups (broad SMARTS) is 3. The Morgan fingerprint density at radius 1 is 0.300 bits per heavy atom. The lowest BCUT2D eigenvalue weighted by atomic mass is 9.83. The number of aliphatic carboxylic acids is 3. The van der Waals surface area contributed by atoms with Gasteiger partial charge in [-0.3, -0.25) is 28.8 Å². The summed E-state index contributed by atoms with van der Waals surface area (Å²) in [5.41, 5.74) is 24.2. The minimum absolute atomic E-state index is 0.0268. The van der Waals surface area contributed by atoms with Crippen molar-refractivity contribution >= 4 is 35.6 Å². The van der Waals surface area contributed by atoms with E-state index >= 15 is 0 Å². The van der Waals surface area contributed by atoms with Crippen molar-refractivity contribution in [2.75, 3.05) is 66.4 Å². The van der Waals surface area contributed by atoms with Crippen LogP contribution in [0.1, 0.15) is 185 Å². The van der Waals surface area contributed by atoms with Crippen molar-refractivity contribution in [1.82, 2.24) is 14.7 Å². The monoisotopic (exact) mass is 1490 g/mol. The van der Waals surface area contributed by atoms with Crippen molar-refractivity contribution in [2.45, 2.75) is 138 Å². The zero-order chi connectivity index (χ0) is 78.2. The van der Waals surface area contributed by atoms with Crippen LogP contribution in [0.25, 0.3) is 0 Å². The summed E-state index contributed by atoms with van der Waals surface area (Å²) in [5.74, 6) is 0.527. The highest BCUT2D eigenvalue weighted by molar-refractivity contribution is 5.96. The summed E-state index contributed by atoms with van der Waals surface area (Å²) in [7, 11) is 1.00. The summed E-state index contributed by atoms with van der Waals surface area (Å²) in [6, 6.07) is 47.7. The second kappa shape index (κ2) is 34.4. The Balaban J connectivity index is 0.000000152. The van der Waals surface area contributed by atoms with Gasteiger partial charge in [-0.15, -0.1) is 0 Å². The molecule has 0 fully saturated rings. The molecule has 15 rings (SSSR count). The standard InChI is InChI=1S/3C30H31NO5.CH4O/c3*1-18-4-5-23(12-19(18)2)30(34)31-9-8-21-6-7-22(14-24(21)17-31)26(16-29(32)33)25-15-28-27(13-20(25)3)35-10-11-36-28;1-2/h3*4-7,12-15,26H,8-11,16-17H2,1-3H3,(H,32,33);2H,1H3/t2*26-;;/m10../s1. The third kappa shape index (κ3) is 17.8. The van der Waals surface area contributed by atoms with Crippen molar-refractivity contribution in [1.29, 1.82) is 0 Å². The van der Waals surface area contributed by atoms with Gasteiger partial charge in [-0.05, 0) is 271 Å². The highest BCUT2D eigenvalue weighted by Gasteiger charge is 2.32. The smallest absolute Gasteiger partial charge is 0.304 e. The SMILES string of the molecule is CO.Cc1ccc(C(=O)N2CCc3ccc(C(CC(=O)O)c4cc5c(cc4C)OCCO5)cc3C2)cc1C.Cc1ccc(C(=O)N2CCc3ccc([C@@H](CC(=O)O)c4cc5c(cc4C)OCCO5)cc3C2)cc1C.Cc1ccc(C(=O)N2CCc3ccc([C@H](CC(=O)O)c4cc5c(cc4C)OCCO5)cc3C2)cc1C. The van der Waals surface area contributed by atoms with Crippen molar-refractivity contribution in [3.8, 4) is 34.5 Å². The first kappa shape index (κ1) is 78.2. The van der Waals surface area contributed by atoms with E-state index in [9.17, 15) is 44.1 Å². The molecule has 0 aromatic heterocycles. The fourth-order valence-electron chi connectivity index (χ4n) is 15.6. The molecule has 6 aliphatic heterocycles. The molecule has 9 aromatic carbocycles. The van der Waals surface area contributed by atoms with E-state index in [1.807, 2.05) is 186 Å². The van der Waals surface area contributed by atoms with Crippen LogP contribution in [0.3, 0.4) is 0 Å². The van der Waals surface area contributed by atoms with Crippen LogP contribution in [-0.4, -0.2) is 137 Å². The van der Waals surface area contributed by atoms with Crippen LogP contribution in [0.4, 0.5) is 0 Å². The number of hydrogen-bond donors (Lipinski definition) is 4. The zero-order valence-corrected chi connectivity index (χ0v) is 64.3. The number of aliphatic hydroxyl groups is 1. The Bertz CT molecular complexity index is 4530. The largest absolute Gasteiger partial charge is 0.486 e. The van der Waals surface area contributed by atoms with Gasteiger partial charge in [0.25, 0.3) is 17.7 Å². The molecule has 110 heavy (non-hydrogen) atoms. The highest BCUT2D eigenvalue weighted by Crippen LogP contribution is 2.44. The van der Waals surface area contributed by atoms with Crippen LogP contribution in [0.5, 0.6) is 34.5 Å². The Morgan fingerprint density at radius 3 is 0.782 bits per heavy atom. The van der Waals surface area contributed by atoms with E-state index in [1.165, 1.54) is 33.4 Å². The number of rotatable bonds is 15. The zero-order valence-electron chi connectivity index (χ0n) is 64.3. The van der Waals surface area contributed by atoms with E-state index in [2.05, 4.69) is 36.4 Å². The van der Waals surface area contributed by atoms with Crippen molar-refractivity contribution in [2.24, 2.45) is 0 Å². The van der Waals surface area contributed by atoms with Gasteiger partial charge in [-0.1, -0.05) is 72.8 Å². The number of carbonyl (C=O) groups is 6. The summed E-state index contributed by atoms with van der Waals surface area (Å²) < 4.78 is 34.5. The molecule has 6 aliphatic rings. The number of benzene rings is 9. The highest BCUT2D eigenvalue weighted by atomic mass is 16.6. The molecule has 1 unspecified atom stereocenters. The lowest BCUT2D eigenvalue weighted by molar-refractivity contribution is -0.138. The van der Waals surface area contributed by atoms with Crippen molar-refractivity contribution in [3.63, 3.8) is 0 Å². The van der Waals surface area contributed by atoms with Gasteiger partial charge in [0.15, 0.2) is 34.5 Å². The van der Waals surface area contributed by atoms with Gasteiger partial charge >= 0.3 is 17.9 Å². The van der Waals surface area contributed by atoms with Gasteiger partial charge in [-0.25, -0.2) is 0 Å². The number of nitrogens with zero attached hydrogens (tertiary/aromatic N) is 3. The van der Waals surface area contributed by atoms with Crippen LogP contribution in [0, 0.1) is 62.3 Å². The predicted molar refractivity (Wildman–Crippen MR) is 419 cm³/mol. The lowest BCUT2D eigenvalue weighted by Gasteiger charge is -2.30. The molecule has 0 spiro atoms. The van der Waals surface area contributed by atoms with E-state index in [-0.39, 0.29) is 54.7 Å². The molecule has 9 aromatic rings. The van der Waals surface area contributed by atoms with Gasteiger partial charge in [0.1, 0.15) is 39.6 Å². The molecule has 19 nitrogen and oxygen atoms in total. The number of aliphatic hydroxyl groups excluding tert-OH is 1. The number of fused-ring (bicyclic) bond motifs is 6. The topological polar surface area (TPSA) is 248 Å². The number of hydrogen-bond acceptors (Lipinski definition) is 13. The number of amides is 3. The maximum atomic E-state index is 13.3. The molecule has 4 N–H and O–H groups in total. The number of carbonyl (C=O) groups excluding carboxylic acids is 3. The summed E-state index contributed by atoms with van der Waals surface area (Å²) in [4.78, 5) is 81.1. The molecule has 19 heteroatoms. The minimum Gasteiger partial charge on any atom is -0.486 e. The average molecular weight is 1490 g/mol. The van der Waals surface area contributed by atoms with Crippen LogP contribution in [-0.2, 0) is 53.3 Å². The van der Waals surface area contributed by atoms with Gasteiger partial charge < -0.3 is 63.5 Å². The first-order valence-electron chi connectivity index (χ1n) is 37.6. The van der Waals surface area contributed by atoms with E-state index in [1.54, 1.807) is 0 Å². The van der Waals surface area contributed by atoms with E-state index in [0.29, 0.717) is 130 Å². The average Bonchev–Trinajstić information content (AvgIpc) is 0.790. The number of aryl methyl sites for hydroxylation is 9. The molecule has 0 aliphatic carbocycles. The molecule has 0 radical (unpaired) electrons. The van der Waals surface area contributed by atoms with E-state index < -0.39 is 17.9 Å². The second-order valence-corrected chi connectivity index (χ2v) is 29.4. The van der Waals surface area contributed by atoms with E-state index in [0.717, 1.165) is 110 Å². The molecule has 572 valence electrons. The minimum atomic E-state index is -0.862. The van der Waals surface area contributed by atoms with Crippen molar-refractivity contribution in [3.05, 3.63) is 279 Å². The lowest BCUT2D eigenvalue weighted by Crippen LogP contribution is -2.36. The number of carboxylic acids is 3. The first-order valence-corrected chi connectivity index (χ1v) is 37.6. The van der Waals surface area contributed by atoms with Gasteiger partial charge in [0, 0.05) is 80.8 Å². The maximum absolute atomic E-state index is 13.3. The first-order chi connectivity index (χ1) is 52.9. The normalized spacial score (nSPS) is 15.0. The van der Waals surface area contributed by atoms with Crippen LogP contribution < -0.4 is 28.4 Å². The molecule has 3 amide bonds. The molecular formula is C91H97N3O16. The molecular weight excluding hydrogens is 1390 g/mol. The Kier molecular flexibility index (Phi) is 24.5. The third-order valence-corrected chi connectivity index (χ3v) is 22.1. The molecule has 0 saturated heterocycles.